The summed E-state index contributed by atoms with van der Waals surface area (Å²) in [5, 5.41) is 8.50. The summed E-state index contributed by atoms with van der Waals surface area (Å²) < 4.78 is 7.33. The minimum atomic E-state index is -1.25. The molecule has 1 heterocycles. The summed E-state index contributed by atoms with van der Waals surface area (Å²) in [5.41, 5.74) is 0. The van der Waals surface area contributed by atoms with E-state index in [-0.39, 0.29) is 0 Å². The molecule has 0 radical (unpaired) electrons. The molecular weight excluding hydrogens is 182 g/mol. The van der Waals surface area contributed by atoms with Crippen LogP contribution in [0.15, 0.2) is 0 Å². The van der Waals surface area contributed by atoms with Gasteiger partial charge >= 0.3 is 11.9 Å². The van der Waals surface area contributed by atoms with E-state index in [2.05, 4.69) is 4.72 Å². The Morgan fingerprint density at radius 1 is 1.75 bits per heavy atom. The van der Waals surface area contributed by atoms with Gasteiger partial charge in [0.2, 0.25) is 6.04 Å². The molecule has 0 amide bonds. The van der Waals surface area contributed by atoms with Crippen LogP contribution in [0.4, 0.5) is 0 Å². The lowest BCUT2D eigenvalue weighted by molar-refractivity contribution is -0.160. The fourth-order valence-corrected chi connectivity index (χ4v) is 1.44. The summed E-state index contributed by atoms with van der Waals surface area (Å²) in [7, 11) is 0. The number of esters is 1. The van der Waals surface area contributed by atoms with Gasteiger partial charge in [0.1, 0.15) is 0 Å². The molecule has 0 aromatic rings. The second-order valence-electron chi connectivity index (χ2n) is 2.81. The van der Waals surface area contributed by atoms with Gasteiger partial charge in [0.25, 0.3) is 0 Å². The van der Waals surface area contributed by atoms with Crippen molar-refractivity contribution < 1.29 is 19.4 Å². The van der Waals surface area contributed by atoms with E-state index in [9.17, 15) is 9.59 Å². The van der Waals surface area contributed by atoms with E-state index in [1.54, 1.807) is 13.8 Å². The summed E-state index contributed by atoms with van der Waals surface area (Å²) in [6, 6.07) is -1.25. The quantitative estimate of drug-likeness (QED) is 0.344. The van der Waals surface area contributed by atoms with Gasteiger partial charge < -0.3 is 9.84 Å². The van der Waals surface area contributed by atoms with Crippen LogP contribution >= 0.6 is 11.9 Å². The summed E-state index contributed by atoms with van der Waals surface area (Å²) in [6.07, 6.45) is 0. The Bertz CT molecular complexity index is 228. The highest BCUT2D eigenvalue weighted by Gasteiger charge is 2.39. The molecular formula is C6H9NO4S. The number of carbonyl (C=O) groups excluding carboxylic acids is 1. The molecule has 0 aromatic carbocycles. The Kier molecular flexibility index (Phi) is 2.29. The Labute approximate surface area is 73.6 Å². The van der Waals surface area contributed by atoms with Gasteiger partial charge in [0, 0.05) is 0 Å². The van der Waals surface area contributed by atoms with Gasteiger partial charge in [0.05, 0.1) is 0 Å². The van der Waals surface area contributed by atoms with E-state index in [4.69, 9.17) is 9.84 Å². The van der Waals surface area contributed by atoms with Crippen molar-refractivity contribution in [3.8, 4) is 0 Å². The van der Waals surface area contributed by atoms with E-state index in [0.717, 1.165) is 11.9 Å². The van der Waals surface area contributed by atoms with Gasteiger partial charge in [-0.2, -0.15) is 0 Å². The Hall–Kier alpha value is -0.750. The Balaban J connectivity index is 2.66. The number of ether oxygens (including phenoxy) is 1. The third-order valence-electron chi connectivity index (χ3n) is 1.25. The summed E-state index contributed by atoms with van der Waals surface area (Å²) in [6.45, 7) is 3.36. The van der Waals surface area contributed by atoms with Gasteiger partial charge in [-0.15, -0.1) is 0 Å². The van der Waals surface area contributed by atoms with Crippen molar-refractivity contribution in [2.24, 2.45) is 0 Å². The first kappa shape index (κ1) is 9.34. The highest BCUT2D eigenvalue weighted by Crippen LogP contribution is 2.27. The number of carboxylic acid groups (broad SMARTS) is 1. The number of nitrogens with one attached hydrogen (secondary N) is 1. The van der Waals surface area contributed by atoms with Crippen molar-refractivity contribution in [2.75, 3.05) is 0 Å². The molecule has 1 unspecified atom stereocenters. The number of aliphatic carboxylic acids is 1. The number of carboxylic acids is 1. The second-order valence-corrected chi connectivity index (χ2v) is 4.24. The first-order valence-corrected chi connectivity index (χ1v) is 4.13. The highest BCUT2D eigenvalue weighted by atomic mass is 32.2. The minimum Gasteiger partial charge on any atom is -0.480 e. The van der Waals surface area contributed by atoms with Crippen molar-refractivity contribution in [3.63, 3.8) is 0 Å². The number of cyclic esters (lactones) is 1. The monoisotopic (exact) mass is 191 g/mol. The van der Waals surface area contributed by atoms with E-state index < -0.39 is 22.9 Å². The van der Waals surface area contributed by atoms with Crippen LogP contribution < -0.4 is 4.72 Å². The Morgan fingerprint density at radius 2 is 2.33 bits per heavy atom. The smallest absolute Gasteiger partial charge is 0.337 e. The lowest BCUT2D eigenvalue weighted by Gasteiger charge is -2.31. The average Bonchev–Trinajstić information content (AvgIpc) is 1.83. The fourth-order valence-electron chi connectivity index (χ4n) is 0.722. The predicted octanol–water partition coefficient (Wildman–Crippen LogP) is -0.0297. The number of rotatable bonds is 1. The zero-order valence-corrected chi connectivity index (χ0v) is 7.47. The van der Waals surface area contributed by atoms with Crippen LogP contribution in [0.3, 0.4) is 0 Å². The number of hydrogen-bond acceptors (Lipinski definition) is 5. The molecule has 68 valence electrons. The summed E-state index contributed by atoms with van der Waals surface area (Å²) in [4.78, 5) is 20.7. The van der Waals surface area contributed by atoms with Gasteiger partial charge in [0.15, 0.2) is 4.93 Å². The second kappa shape index (κ2) is 2.95. The van der Waals surface area contributed by atoms with Crippen LogP contribution in [0.1, 0.15) is 13.8 Å². The van der Waals surface area contributed by atoms with Crippen LogP contribution in [0.5, 0.6) is 0 Å². The van der Waals surface area contributed by atoms with Crippen molar-refractivity contribution in [2.45, 2.75) is 24.8 Å². The first-order valence-electron chi connectivity index (χ1n) is 3.31. The zero-order valence-electron chi connectivity index (χ0n) is 6.66. The largest absolute Gasteiger partial charge is 0.480 e. The van der Waals surface area contributed by atoms with Gasteiger partial charge in [-0.1, -0.05) is 0 Å². The van der Waals surface area contributed by atoms with Crippen LogP contribution in [-0.4, -0.2) is 28.0 Å². The zero-order chi connectivity index (χ0) is 9.35. The first-order chi connectivity index (χ1) is 5.42. The maximum atomic E-state index is 11.0. The molecule has 5 nitrogen and oxygen atoms in total. The standard InChI is InChI=1S/C6H9NO4S/c1-6(2)11-5(10)3(4(8)9)7-12-6/h3,7H,1-2H3,(H,8,9). The van der Waals surface area contributed by atoms with Crippen LogP contribution in [0.25, 0.3) is 0 Å². The van der Waals surface area contributed by atoms with Crippen molar-refractivity contribution in [1.82, 2.24) is 4.72 Å². The molecule has 0 saturated carbocycles. The maximum absolute atomic E-state index is 11.0. The highest BCUT2D eigenvalue weighted by molar-refractivity contribution is 7.98. The minimum absolute atomic E-state index is 0.691. The van der Waals surface area contributed by atoms with Gasteiger partial charge in [-0.3, -0.25) is 0 Å². The number of hydrogen-bond donors (Lipinski definition) is 2. The lowest BCUT2D eigenvalue weighted by Crippen LogP contribution is -2.50. The fraction of sp³-hybridized carbons (Fsp3) is 0.667. The summed E-state index contributed by atoms with van der Waals surface area (Å²) in [5.74, 6) is -1.96. The molecule has 0 spiro atoms. The third kappa shape index (κ3) is 1.89. The van der Waals surface area contributed by atoms with E-state index >= 15 is 0 Å². The van der Waals surface area contributed by atoms with Crippen molar-refractivity contribution in [1.29, 1.82) is 0 Å². The molecule has 2 N–H and O–H groups in total. The molecule has 1 fully saturated rings. The van der Waals surface area contributed by atoms with Crippen LogP contribution in [0, 0.1) is 0 Å². The summed E-state index contributed by atoms with van der Waals surface area (Å²) >= 11 is 1.09. The van der Waals surface area contributed by atoms with Gasteiger partial charge in [-0.25, -0.2) is 14.3 Å². The normalized spacial score (nSPS) is 27.8. The van der Waals surface area contributed by atoms with E-state index in [0.29, 0.717) is 0 Å². The maximum Gasteiger partial charge on any atom is 0.337 e. The molecule has 0 aromatic heterocycles. The molecule has 1 rings (SSSR count). The topological polar surface area (TPSA) is 75.6 Å². The number of carbonyl (C=O) groups is 2. The molecule has 6 heteroatoms. The molecule has 0 aliphatic carbocycles. The SMILES string of the molecule is CC1(C)OC(=O)C(C(=O)O)NS1. The van der Waals surface area contributed by atoms with Crippen LogP contribution in [0.2, 0.25) is 0 Å². The van der Waals surface area contributed by atoms with Crippen molar-refractivity contribution >= 4 is 23.9 Å². The van der Waals surface area contributed by atoms with Gasteiger partial charge in [-0.05, 0) is 25.8 Å². The molecule has 1 saturated heterocycles. The third-order valence-corrected chi connectivity index (χ3v) is 2.18. The molecule has 0 bridgehead atoms. The van der Waals surface area contributed by atoms with E-state index in [1.165, 1.54) is 0 Å². The van der Waals surface area contributed by atoms with E-state index in [1.807, 2.05) is 0 Å². The Morgan fingerprint density at radius 3 is 2.75 bits per heavy atom. The average molecular weight is 191 g/mol. The lowest BCUT2D eigenvalue weighted by atomic mass is 10.3. The molecule has 12 heavy (non-hydrogen) atoms. The molecule has 1 aliphatic rings. The van der Waals surface area contributed by atoms with Crippen LogP contribution in [-0.2, 0) is 14.3 Å². The molecule has 1 atom stereocenters. The predicted molar refractivity (Wildman–Crippen MR) is 42.3 cm³/mol. The molecule has 1 aliphatic heterocycles. The van der Waals surface area contributed by atoms with Crippen molar-refractivity contribution in [3.05, 3.63) is 0 Å².